The Hall–Kier alpha value is 5.17. The summed E-state index contributed by atoms with van der Waals surface area (Å²) in [4.78, 5) is 31.0. The monoisotopic (exact) mass is 298 g/mol. The van der Waals surface area contributed by atoms with Crippen molar-refractivity contribution in [3.8, 4) is 0 Å². The van der Waals surface area contributed by atoms with Gasteiger partial charge >= 0.3 is 170 Å². The number of rotatable bonds is 2. The van der Waals surface area contributed by atoms with Gasteiger partial charge in [-0.1, -0.05) is 0 Å². The fourth-order valence-electron chi connectivity index (χ4n) is 0.139. The van der Waals surface area contributed by atoms with Crippen LogP contribution in [0.5, 0.6) is 0 Å². The molecule has 0 saturated heterocycles. The molecule has 0 bridgehead atoms. The Labute approximate surface area is 201 Å². The van der Waals surface area contributed by atoms with Crippen molar-refractivity contribution in [3.05, 3.63) is 0 Å². The van der Waals surface area contributed by atoms with E-state index in [-0.39, 0.29) is 158 Å². The quantitative estimate of drug-likeness (QED) is 0.295. The van der Waals surface area contributed by atoms with E-state index >= 15 is 0 Å². The standard InChI is InChI=1S/3K.H4O7P2.3H/c;;;1-8(2,3)7-9(4,5)6;;;/h;;;(H2,1,2,3)(H2,4,5,6);;;/q3*+1;;3*-1. The van der Waals surface area contributed by atoms with Crippen LogP contribution in [-0.4, -0.2) is 19.6 Å². The van der Waals surface area contributed by atoms with Gasteiger partial charge in [0, 0.05) is 0 Å². The van der Waals surface area contributed by atoms with Crippen molar-refractivity contribution in [1.82, 2.24) is 0 Å². The molecule has 0 rings (SSSR count). The molecule has 0 aliphatic carbocycles. The summed E-state index contributed by atoms with van der Waals surface area (Å²) in [5.41, 5.74) is 0. The molecule has 0 aromatic heterocycles. The van der Waals surface area contributed by atoms with E-state index in [1.165, 1.54) is 0 Å². The third-order valence-corrected chi connectivity index (χ3v) is 1.91. The van der Waals surface area contributed by atoms with E-state index in [2.05, 4.69) is 4.31 Å². The van der Waals surface area contributed by atoms with Crippen LogP contribution in [0.1, 0.15) is 4.28 Å². The van der Waals surface area contributed by atoms with Crippen LogP contribution >= 0.6 is 15.6 Å². The molecule has 12 heteroatoms. The van der Waals surface area contributed by atoms with Crippen LogP contribution in [0, 0.1) is 0 Å². The van der Waals surface area contributed by atoms with Gasteiger partial charge in [0.15, 0.2) is 0 Å². The number of phosphoric acid groups is 2. The SMILES string of the molecule is O=P(O)(O)OP(=O)(O)O.[H-].[H-].[H-].[K+].[K+].[K+]. The van der Waals surface area contributed by atoms with Crippen LogP contribution in [0.4, 0.5) is 0 Å². The first-order valence-electron chi connectivity index (χ1n) is 1.53. The Kier molecular flexibility index (Phi) is 24.3. The van der Waals surface area contributed by atoms with Gasteiger partial charge in [-0.25, -0.2) is 9.13 Å². The van der Waals surface area contributed by atoms with E-state index in [4.69, 9.17) is 19.6 Å². The largest absolute Gasteiger partial charge is 1.00 e. The maximum atomic E-state index is 9.63. The van der Waals surface area contributed by atoms with E-state index in [1.807, 2.05) is 0 Å². The summed E-state index contributed by atoms with van der Waals surface area (Å²) in [7, 11) is -10.1. The smallest absolute Gasteiger partial charge is 1.00 e. The van der Waals surface area contributed by atoms with Gasteiger partial charge in [-0.3, -0.25) is 0 Å². The minimum absolute atomic E-state index is 0. The van der Waals surface area contributed by atoms with Crippen molar-refractivity contribution >= 4 is 15.6 Å². The fourth-order valence-corrected chi connectivity index (χ4v) is 1.25. The van der Waals surface area contributed by atoms with Gasteiger partial charge in [-0.15, -0.1) is 0 Å². The van der Waals surface area contributed by atoms with E-state index in [1.54, 1.807) is 0 Å². The van der Waals surface area contributed by atoms with Gasteiger partial charge in [0.1, 0.15) is 0 Å². The molecule has 0 aromatic rings. The summed E-state index contributed by atoms with van der Waals surface area (Å²) in [5.74, 6) is 0. The second kappa shape index (κ2) is 11.3. The first kappa shape index (κ1) is 25.9. The molecule has 12 heavy (non-hydrogen) atoms. The molecule has 0 aromatic carbocycles. The molecular formula is H7K3O7P2. The molecule has 0 radical (unpaired) electrons. The first-order chi connectivity index (χ1) is 3.71. The van der Waals surface area contributed by atoms with Gasteiger partial charge in [0.2, 0.25) is 0 Å². The van der Waals surface area contributed by atoms with Crippen LogP contribution in [0.25, 0.3) is 0 Å². The minimum atomic E-state index is -5.05. The van der Waals surface area contributed by atoms with E-state index in [0.717, 1.165) is 0 Å². The molecule has 4 N–H and O–H groups in total. The molecule has 0 atom stereocenters. The summed E-state index contributed by atoms with van der Waals surface area (Å²) < 4.78 is 22.2. The summed E-state index contributed by atoms with van der Waals surface area (Å²) in [5, 5.41) is 0. The van der Waals surface area contributed by atoms with Crippen LogP contribution in [0.3, 0.4) is 0 Å². The topological polar surface area (TPSA) is 124 Å². The number of hydrogen-bond acceptors (Lipinski definition) is 3. The molecule has 0 aliphatic heterocycles. The van der Waals surface area contributed by atoms with Crippen molar-refractivity contribution in [2.75, 3.05) is 0 Å². The Balaban J connectivity index is -0.0000000213. The Morgan fingerprint density at radius 1 is 0.833 bits per heavy atom. The summed E-state index contributed by atoms with van der Waals surface area (Å²) in [6.07, 6.45) is 0. The van der Waals surface area contributed by atoms with Crippen LogP contribution < -0.4 is 154 Å². The van der Waals surface area contributed by atoms with Crippen LogP contribution in [0.15, 0.2) is 0 Å². The van der Waals surface area contributed by atoms with Crippen LogP contribution in [0.2, 0.25) is 0 Å². The third kappa shape index (κ3) is 24.4. The van der Waals surface area contributed by atoms with Crippen molar-refractivity contribution in [2.45, 2.75) is 0 Å². The molecule has 0 amide bonds. The summed E-state index contributed by atoms with van der Waals surface area (Å²) in [6, 6.07) is 0. The molecular weight excluding hydrogens is 291 g/mol. The molecule has 0 aliphatic rings. The maximum absolute atomic E-state index is 9.63. The van der Waals surface area contributed by atoms with Gasteiger partial charge in [-0.2, -0.15) is 4.31 Å². The Bertz CT molecular complexity index is 168. The van der Waals surface area contributed by atoms with Gasteiger partial charge in [0.25, 0.3) is 0 Å². The maximum Gasteiger partial charge on any atom is 1.00 e. The predicted octanol–water partition coefficient (Wildman–Crippen LogP) is -9.46. The Morgan fingerprint density at radius 2 is 1.00 bits per heavy atom. The predicted molar refractivity (Wildman–Crippen MR) is 28.5 cm³/mol. The van der Waals surface area contributed by atoms with E-state index in [9.17, 15) is 9.13 Å². The Morgan fingerprint density at radius 3 is 1.00 bits per heavy atom. The van der Waals surface area contributed by atoms with Gasteiger partial charge in [-0.05, 0) is 0 Å². The van der Waals surface area contributed by atoms with Crippen molar-refractivity contribution in [3.63, 3.8) is 0 Å². The van der Waals surface area contributed by atoms with E-state index in [0.29, 0.717) is 0 Å². The molecule has 0 heterocycles. The van der Waals surface area contributed by atoms with Crippen molar-refractivity contribution in [2.24, 2.45) is 0 Å². The van der Waals surface area contributed by atoms with Crippen molar-refractivity contribution < 1.29 is 191 Å². The second-order valence-electron chi connectivity index (χ2n) is 1.06. The normalized spacial score (nSPS) is 10.3. The molecule has 7 nitrogen and oxygen atoms in total. The second-order valence-corrected chi connectivity index (χ2v) is 3.68. The van der Waals surface area contributed by atoms with Crippen molar-refractivity contribution in [1.29, 1.82) is 0 Å². The molecule has 0 saturated carbocycles. The molecule has 0 spiro atoms. The minimum Gasteiger partial charge on any atom is -1.00 e. The fraction of sp³-hybridized carbons (Fsp3) is 0. The molecule has 0 fully saturated rings. The average molecular weight is 298 g/mol. The zero-order valence-electron chi connectivity index (χ0n) is 9.91. The summed E-state index contributed by atoms with van der Waals surface area (Å²) >= 11 is 0. The summed E-state index contributed by atoms with van der Waals surface area (Å²) in [6.45, 7) is 0. The van der Waals surface area contributed by atoms with Gasteiger partial charge < -0.3 is 23.9 Å². The first-order valence-corrected chi connectivity index (χ1v) is 4.59. The zero-order chi connectivity index (χ0) is 7.71. The average Bonchev–Trinajstić information content (AvgIpc) is 1.14. The molecule has 62 valence electrons. The molecule has 0 unspecified atom stereocenters. The van der Waals surface area contributed by atoms with Crippen LogP contribution in [-0.2, 0) is 13.4 Å². The third-order valence-electron chi connectivity index (χ3n) is 0.213. The number of hydrogen-bond donors (Lipinski definition) is 4. The zero-order valence-corrected chi connectivity index (χ0v) is 18.1. The van der Waals surface area contributed by atoms with E-state index < -0.39 is 15.6 Å². The van der Waals surface area contributed by atoms with Gasteiger partial charge in [0.05, 0.1) is 0 Å².